The molecule has 0 radical (unpaired) electrons. The van der Waals surface area contributed by atoms with Gasteiger partial charge in [0.05, 0.1) is 6.10 Å². The highest BCUT2D eigenvalue weighted by molar-refractivity contribution is 5.95. The summed E-state index contributed by atoms with van der Waals surface area (Å²) in [5, 5.41) is 20.6. The average Bonchev–Trinajstić information content (AvgIpc) is 2.77. The van der Waals surface area contributed by atoms with Gasteiger partial charge in [0, 0.05) is 0 Å². The number of carbonyl (C=O) groups excluding carboxylic acids is 1. The molecule has 4 aliphatic rings. The molecule has 0 aromatic heterocycles. The maximum Gasteiger partial charge on any atom is 0.184 e. The van der Waals surface area contributed by atoms with E-state index in [2.05, 4.69) is 13.8 Å². The third-order valence-electron chi connectivity index (χ3n) is 7.95. The van der Waals surface area contributed by atoms with E-state index >= 15 is 0 Å². The fraction of sp³-hybridized carbons (Fsp3) is 0.842. The maximum atomic E-state index is 11.9. The second kappa shape index (κ2) is 4.67. The Morgan fingerprint density at radius 1 is 1.09 bits per heavy atom. The molecule has 0 amide bonds. The minimum Gasteiger partial charge on any atom is -0.393 e. The molecule has 3 nitrogen and oxygen atoms in total. The minimum atomic E-state index is -0.810. The Morgan fingerprint density at radius 2 is 1.86 bits per heavy atom. The van der Waals surface area contributed by atoms with Crippen LogP contribution in [0.25, 0.3) is 0 Å². The highest BCUT2D eigenvalue weighted by Gasteiger charge is 2.59. The average molecular weight is 304 g/mol. The molecule has 3 fully saturated rings. The Kier molecular flexibility index (Phi) is 3.16. The number of aliphatic hydroxyl groups excluding tert-OH is 2. The molecule has 122 valence electrons. The minimum absolute atomic E-state index is 0.00881. The molecule has 4 aliphatic carbocycles. The van der Waals surface area contributed by atoms with E-state index in [1.807, 2.05) is 0 Å². The Morgan fingerprint density at radius 3 is 2.64 bits per heavy atom. The quantitative estimate of drug-likeness (QED) is 0.723. The zero-order valence-electron chi connectivity index (χ0n) is 13.7. The van der Waals surface area contributed by atoms with Crippen molar-refractivity contribution in [3.63, 3.8) is 0 Å². The number of rotatable bonds is 0. The van der Waals surface area contributed by atoms with Gasteiger partial charge in [-0.05, 0) is 79.6 Å². The molecule has 0 saturated heterocycles. The van der Waals surface area contributed by atoms with E-state index < -0.39 is 6.10 Å². The number of ketones is 1. The predicted octanol–water partition coefficient (Wildman–Crippen LogP) is 2.85. The first-order chi connectivity index (χ1) is 10.4. The van der Waals surface area contributed by atoms with Crippen molar-refractivity contribution in [2.75, 3.05) is 0 Å². The van der Waals surface area contributed by atoms with Crippen LogP contribution in [0.2, 0.25) is 0 Å². The van der Waals surface area contributed by atoms with E-state index in [0.29, 0.717) is 24.2 Å². The molecular formula is C19H28O3. The van der Waals surface area contributed by atoms with E-state index in [1.54, 1.807) is 6.08 Å². The second-order valence-corrected chi connectivity index (χ2v) is 8.76. The Hall–Kier alpha value is -0.670. The summed E-state index contributed by atoms with van der Waals surface area (Å²) < 4.78 is 0. The fourth-order valence-corrected chi connectivity index (χ4v) is 6.59. The monoisotopic (exact) mass is 304 g/mol. The van der Waals surface area contributed by atoms with Gasteiger partial charge in [-0.3, -0.25) is 4.79 Å². The van der Waals surface area contributed by atoms with Crippen LogP contribution in [0.3, 0.4) is 0 Å². The second-order valence-electron chi connectivity index (χ2n) is 8.76. The SMILES string of the molecule is C[C@]12CC[C@H]3[C@@H](CCC4=CC(=O)[C@H](O)C[C@@]43C)[C@@H]1CC[C@H]2O. The summed E-state index contributed by atoms with van der Waals surface area (Å²) in [6, 6.07) is 0. The summed E-state index contributed by atoms with van der Waals surface area (Å²) in [6.07, 6.45) is 7.88. The van der Waals surface area contributed by atoms with Gasteiger partial charge in [0.15, 0.2) is 5.78 Å². The number of allylic oxidation sites excluding steroid dienone is 1. The van der Waals surface area contributed by atoms with Crippen molar-refractivity contribution >= 4 is 5.78 Å². The van der Waals surface area contributed by atoms with Gasteiger partial charge < -0.3 is 10.2 Å². The van der Waals surface area contributed by atoms with Crippen LogP contribution in [0.15, 0.2) is 11.6 Å². The smallest absolute Gasteiger partial charge is 0.184 e. The summed E-state index contributed by atoms with van der Waals surface area (Å²) in [4.78, 5) is 11.9. The highest BCUT2D eigenvalue weighted by atomic mass is 16.3. The summed E-state index contributed by atoms with van der Waals surface area (Å²) in [7, 11) is 0. The lowest BCUT2D eigenvalue weighted by Crippen LogP contribution is -2.52. The van der Waals surface area contributed by atoms with E-state index in [1.165, 1.54) is 5.57 Å². The number of fused-ring (bicyclic) bond motifs is 5. The first kappa shape index (κ1) is 14.9. The van der Waals surface area contributed by atoms with Gasteiger partial charge in [0.2, 0.25) is 0 Å². The zero-order chi connectivity index (χ0) is 15.7. The Labute approximate surface area is 132 Å². The van der Waals surface area contributed by atoms with E-state index in [0.717, 1.165) is 38.5 Å². The predicted molar refractivity (Wildman–Crippen MR) is 84.1 cm³/mol. The van der Waals surface area contributed by atoms with Gasteiger partial charge in [0.1, 0.15) is 6.10 Å². The third-order valence-corrected chi connectivity index (χ3v) is 7.95. The van der Waals surface area contributed by atoms with Crippen LogP contribution in [0.4, 0.5) is 0 Å². The number of hydrogen-bond acceptors (Lipinski definition) is 3. The van der Waals surface area contributed by atoms with Crippen molar-refractivity contribution in [1.29, 1.82) is 0 Å². The van der Waals surface area contributed by atoms with Crippen LogP contribution in [0, 0.1) is 28.6 Å². The molecular weight excluding hydrogens is 276 g/mol. The van der Waals surface area contributed by atoms with Gasteiger partial charge in [-0.15, -0.1) is 0 Å². The van der Waals surface area contributed by atoms with Crippen molar-refractivity contribution in [2.24, 2.45) is 28.6 Å². The van der Waals surface area contributed by atoms with Gasteiger partial charge in [-0.1, -0.05) is 19.4 Å². The normalized spacial score (nSPS) is 54.3. The molecule has 2 N–H and O–H groups in total. The lowest BCUT2D eigenvalue weighted by atomic mass is 9.47. The van der Waals surface area contributed by atoms with Gasteiger partial charge >= 0.3 is 0 Å². The van der Waals surface area contributed by atoms with Crippen LogP contribution in [0.1, 0.15) is 58.8 Å². The molecule has 3 heteroatoms. The van der Waals surface area contributed by atoms with Crippen molar-refractivity contribution in [3.05, 3.63) is 11.6 Å². The number of hydrogen-bond donors (Lipinski definition) is 2. The van der Waals surface area contributed by atoms with Crippen molar-refractivity contribution in [2.45, 2.75) is 71.0 Å². The van der Waals surface area contributed by atoms with Crippen LogP contribution in [-0.2, 0) is 4.79 Å². The first-order valence-electron chi connectivity index (χ1n) is 8.97. The Balaban J connectivity index is 1.70. The van der Waals surface area contributed by atoms with Crippen LogP contribution < -0.4 is 0 Å². The lowest BCUT2D eigenvalue weighted by Gasteiger charge is -2.58. The molecule has 0 aromatic carbocycles. The zero-order valence-corrected chi connectivity index (χ0v) is 13.7. The molecule has 4 rings (SSSR count). The number of carbonyl (C=O) groups is 1. The molecule has 0 aliphatic heterocycles. The molecule has 3 saturated carbocycles. The summed E-state index contributed by atoms with van der Waals surface area (Å²) in [5.41, 5.74) is 1.37. The molecule has 22 heavy (non-hydrogen) atoms. The van der Waals surface area contributed by atoms with Crippen molar-refractivity contribution in [3.8, 4) is 0 Å². The van der Waals surface area contributed by atoms with E-state index in [4.69, 9.17) is 0 Å². The maximum absolute atomic E-state index is 11.9. The largest absolute Gasteiger partial charge is 0.393 e. The molecule has 0 bridgehead atoms. The summed E-state index contributed by atoms with van der Waals surface area (Å²) in [6.45, 7) is 4.57. The standard InChI is InChI=1S/C19H28O3/c1-18-8-7-14-12(13(18)5-6-17(18)22)4-3-11-9-15(20)16(21)10-19(11,14)2/h9,12-14,16-17,21-22H,3-8,10H2,1-2H3/t12-,13-,14-,16+,17+,18-,19-/m0/s1. The molecule has 0 heterocycles. The van der Waals surface area contributed by atoms with Crippen LogP contribution >= 0.6 is 0 Å². The molecule has 0 aromatic rings. The van der Waals surface area contributed by atoms with E-state index in [-0.39, 0.29) is 22.7 Å². The van der Waals surface area contributed by atoms with Crippen LogP contribution in [-0.4, -0.2) is 28.2 Å². The van der Waals surface area contributed by atoms with Crippen molar-refractivity contribution < 1.29 is 15.0 Å². The summed E-state index contributed by atoms with van der Waals surface area (Å²) >= 11 is 0. The lowest BCUT2D eigenvalue weighted by molar-refractivity contribution is -0.128. The van der Waals surface area contributed by atoms with Crippen molar-refractivity contribution in [1.82, 2.24) is 0 Å². The topological polar surface area (TPSA) is 57.5 Å². The number of aliphatic hydroxyl groups is 2. The summed E-state index contributed by atoms with van der Waals surface area (Å²) in [5.74, 6) is 1.74. The highest BCUT2D eigenvalue weighted by Crippen LogP contribution is 2.65. The first-order valence-corrected chi connectivity index (χ1v) is 8.97. The molecule has 0 spiro atoms. The fourth-order valence-electron chi connectivity index (χ4n) is 6.59. The van der Waals surface area contributed by atoms with Gasteiger partial charge in [-0.25, -0.2) is 0 Å². The van der Waals surface area contributed by atoms with Crippen LogP contribution in [0.5, 0.6) is 0 Å². The van der Waals surface area contributed by atoms with Gasteiger partial charge in [0.25, 0.3) is 0 Å². The van der Waals surface area contributed by atoms with E-state index in [9.17, 15) is 15.0 Å². The third kappa shape index (κ3) is 1.78. The molecule has 0 unspecified atom stereocenters. The molecule has 7 atom stereocenters. The van der Waals surface area contributed by atoms with Gasteiger partial charge in [-0.2, -0.15) is 0 Å². The Bertz CT molecular complexity index is 539.